The highest BCUT2D eigenvalue weighted by atomic mass is 16.5. The van der Waals surface area contributed by atoms with Crippen molar-refractivity contribution in [2.75, 3.05) is 13.1 Å². The number of piperidine rings is 1. The van der Waals surface area contributed by atoms with Gasteiger partial charge >= 0.3 is 5.69 Å². The summed E-state index contributed by atoms with van der Waals surface area (Å²) in [6.07, 6.45) is 3.69. The average molecular weight is 235 g/mol. The zero-order valence-corrected chi connectivity index (χ0v) is 9.22. The Balaban J connectivity index is 1.82. The Morgan fingerprint density at radius 3 is 3.29 bits per heavy atom. The van der Waals surface area contributed by atoms with Crippen LogP contribution in [0, 0.1) is 0 Å². The molecule has 17 heavy (non-hydrogen) atoms. The Labute approximate surface area is 96.8 Å². The minimum absolute atomic E-state index is 0.143. The van der Waals surface area contributed by atoms with Crippen LogP contribution in [0.3, 0.4) is 0 Å². The van der Waals surface area contributed by atoms with Crippen LogP contribution in [0.5, 0.6) is 5.88 Å². The number of ether oxygens (including phenoxy) is 1. The van der Waals surface area contributed by atoms with Crippen molar-refractivity contribution < 1.29 is 4.74 Å². The van der Waals surface area contributed by atoms with E-state index in [0.29, 0.717) is 11.5 Å². The Morgan fingerprint density at radius 2 is 2.47 bits per heavy atom. The lowest BCUT2D eigenvalue weighted by Crippen LogP contribution is -2.37. The molecule has 0 saturated carbocycles. The van der Waals surface area contributed by atoms with E-state index in [-0.39, 0.29) is 11.8 Å². The second kappa shape index (κ2) is 4.17. The molecule has 0 bridgehead atoms. The molecule has 2 aromatic heterocycles. The quantitative estimate of drug-likeness (QED) is 0.736. The van der Waals surface area contributed by atoms with E-state index >= 15 is 0 Å². The summed E-state index contributed by atoms with van der Waals surface area (Å²) in [6, 6.07) is 1.66. The summed E-state index contributed by atoms with van der Waals surface area (Å²) in [5, 5.41) is 9.49. The maximum atomic E-state index is 11.2. The van der Waals surface area contributed by atoms with E-state index in [4.69, 9.17) is 4.74 Å². The molecule has 0 aliphatic carbocycles. The summed E-state index contributed by atoms with van der Waals surface area (Å²) < 4.78 is 7.07. The maximum Gasteiger partial charge on any atom is 0.348 e. The lowest BCUT2D eigenvalue weighted by molar-refractivity contribution is 0.160. The minimum atomic E-state index is -0.293. The first kappa shape index (κ1) is 10.3. The monoisotopic (exact) mass is 235 g/mol. The number of nitrogens with one attached hydrogen (secondary N) is 2. The van der Waals surface area contributed by atoms with Gasteiger partial charge in [0.2, 0.25) is 5.88 Å². The van der Waals surface area contributed by atoms with Crippen molar-refractivity contribution in [3.05, 3.63) is 22.9 Å². The van der Waals surface area contributed by atoms with E-state index in [0.717, 1.165) is 25.9 Å². The number of nitrogens with zero attached hydrogens (tertiary/aromatic N) is 3. The number of H-pyrrole nitrogens is 1. The third-order valence-corrected chi connectivity index (χ3v) is 2.82. The summed E-state index contributed by atoms with van der Waals surface area (Å²) >= 11 is 0. The predicted molar refractivity (Wildman–Crippen MR) is 60.1 cm³/mol. The maximum absolute atomic E-state index is 11.2. The number of aromatic amines is 1. The molecule has 1 unspecified atom stereocenters. The van der Waals surface area contributed by atoms with Gasteiger partial charge in [-0.15, -0.1) is 0 Å². The molecule has 1 saturated heterocycles. The van der Waals surface area contributed by atoms with Crippen molar-refractivity contribution in [2.45, 2.75) is 18.9 Å². The molecule has 1 atom stereocenters. The fraction of sp³-hybridized carbons (Fsp3) is 0.500. The van der Waals surface area contributed by atoms with Gasteiger partial charge in [0.05, 0.1) is 0 Å². The number of fused-ring (bicyclic) bond motifs is 1. The van der Waals surface area contributed by atoms with Crippen LogP contribution in [0.15, 0.2) is 17.2 Å². The van der Waals surface area contributed by atoms with Crippen LogP contribution in [-0.2, 0) is 0 Å². The van der Waals surface area contributed by atoms with Crippen molar-refractivity contribution in [3.8, 4) is 5.88 Å². The Bertz CT molecular complexity index is 569. The lowest BCUT2D eigenvalue weighted by atomic mass is 10.1. The molecular weight excluding hydrogens is 222 g/mol. The molecule has 0 amide bonds. The zero-order chi connectivity index (χ0) is 11.7. The molecule has 90 valence electrons. The summed E-state index contributed by atoms with van der Waals surface area (Å²) in [5.74, 6) is 0.505. The number of hydrogen-bond acceptors (Lipinski definition) is 5. The van der Waals surface area contributed by atoms with Crippen molar-refractivity contribution in [1.82, 2.24) is 24.9 Å². The Kier molecular flexibility index (Phi) is 2.52. The van der Waals surface area contributed by atoms with Crippen molar-refractivity contribution in [2.24, 2.45) is 0 Å². The van der Waals surface area contributed by atoms with Crippen molar-refractivity contribution >= 4 is 5.65 Å². The molecule has 0 spiro atoms. The summed E-state index contributed by atoms with van der Waals surface area (Å²) in [7, 11) is 0. The molecule has 1 fully saturated rings. The molecule has 0 aromatic carbocycles. The third-order valence-electron chi connectivity index (χ3n) is 2.82. The van der Waals surface area contributed by atoms with Crippen LogP contribution in [0.4, 0.5) is 0 Å². The minimum Gasteiger partial charge on any atom is -0.473 e. The fourth-order valence-corrected chi connectivity index (χ4v) is 1.95. The molecular formula is C10H13N5O2. The summed E-state index contributed by atoms with van der Waals surface area (Å²) in [5.41, 5.74) is 0.224. The molecule has 1 aliphatic heterocycles. The third kappa shape index (κ3) is 2.01. The average Bonchev–Trinajstić information content (AvgIpc) is 2.72. The standard InChI is InChI=1S/C10H13N5O2/c16-10-14-13-8-4-9(12-6-15(8)10)17-7-2-1-3-11-5-7/h4,6-7,11H,1-3,5H2,(H,14,16). The zero-order valence-electron chi connectivity index (χ0n) is 9.22. The number of aromatic nitrogens is 4. The van der Waals surface area contributed by atoms with Gasteiger partial charge in [0, 0.05) is 12.6 Å². The van der Waals surface area contributed by atoms with Gasteiger partial charge in [-0.1, -0.05) is 0 Å². The van der Waals surface area contributed by atoms with E-state index in [9.17, 15) is 4.79 Å². The van der Waals surface area contributed by atoms with Crippen molar-refractivity contribution in [1.29, 1.82) is 0 Å². The van der Waals surface area contributed by atoms with Gasteiger partial charge in [-0.05, 0) is 19.4 Å². The van der Waals surface area contributed by atoms with E-state index in [2.05, 4.69) is 20.5 Å². The van der Waals surface area contributed by atoms with E-state index in [1.807, 2.05) is 0 Å². The van der Waals surface area contributed by atoms with Gasteiger partial charge in [0.15, 0.2) is 5.65 Å². The van der Waals surface area contributed by atoms with Gasteiger partial charge in [-0.3, -0.25) is 0 Å². The lowest BCUT2D eigenvalue weighted by Gasteiger charge is -2.23. The predicted octanol–water partition coefficient (Wildman–Crippen LogP) is -0.452. The van der Waals surface area contributed by atoms with Crippen LogP contribution in [0.2, 0.25) is 0 Å². The van der Waals surface area contributed by atoms with Gasteiger partial charge in [0.25, 0.3) is 0 Å². The largest absolute Gasteiger partial charge is 0.473 e. The molecule has 1 aliphatic rings. The smallest absolute Gasteiger partial charge is 0.348 e. The summed E-state index contributed by atoms with van der Waals surface area (Å²) in [6.45, 7) is 1.88. The second-order valence-corrected chi connectivity index (χ2v) is 4.07. The van der Waals surface area contributed by atoms with Crippen LogP contribution in [0.25, 0.3) is 5.65 Å². The van der Waals surface area contributed by atoms with Crippen LogP contribution in [0.1, 0.15) is 12.8 Å². The molecule has 2 aromatic rings. The van der Waals surface area contributed by atoms with E-state index in [1.54, 1.807) is 6.07 Å². The van der Waals surface area contributed by atoms with Gasteiger partial charge in [-0.2, -0.15) is 5.10 Å². The van der Waals surface area contributed by atoms with Gasteiger partial charge < -0.3 is 10.1 Å². The second-order valence-electron chi connectivity index (χ2n) is 4.07. The summed E-state index contributed by atoms with van der Waals surface area (Å²) in [4.78, 5) is 15.3. The van der Waals surface area contributed by atoms with Gasteiger partial charge in [-0.25, -0.2) is 19.3 Å². The molecule has 3 rings (SSSR count). The van der Waals surface area contributed by atoms with Crippen LogP contribution >= 0.6 is 0 Å². The molecule has 7 nitrogen and oxygen atoms in total. The van der Waals surface area contributed by atoms with E-state index in [1.165, 1.54) is 10.7 Å². The highest BCUT2D eigenvalue weighted by Crippen LogP contribution is 2.13. The topological polar surface area (TPSA) is 84.3 Å². The van der Waals surface area contributed by atoms with Crippen LogP contribution < -0.4 is 15.7 Å². The van der Waals surface area contributed by atoms with Gasteiger partial charge in [0.1, 0.15) is 12.4 Å². The fourth-order valence-electron chi connectivity index (χ4n) is 1.95. The Hall–Kier alpha value is -1.89. The van der Waals surface area contributed by atoms with Crippen LogP contribution in [-0.4, -0.2) is 38.8 Å². The molecule has 0 radical (unpaired) electrons. The first-order valence-corrected chi connectivity index (χ1v) is 5.63. The first-order valence-electron chi connectivity index (χ1n) is 5.63. The first-order chi connectivity index (χ1) is 8.33. The van der Waals surface area contributed by atoms with E-state index < -0.39 is 0 Å². The number of rotatable bonds is 2. The number of hydrogen-bond donors (Lipinski definition) is 2. The highest BCUT2D eigenvalue weighted by Gasteiger charge is 2.15. The molecule has 3 heterocycles. The Morgan fingerprint density at radius 1 is 1.53 bits per heavy atom. The SMILES string of the molecule is O=c1[nH]nc2cc(OC3CCCNC3)ncn12. The highest BCUT2D eigenvalue weighted by molar-refractivity contribution is 5.39. The molecule has 7 heteroatoms. The van der Waals surface area contributed by atoms with Crippen molar-refractivity contribution in [3.63, 3.8) is 0 Å². The molecule has 2 N–H and O–H groups in total. The normalized spacial score (nSPS) is 20.6.